The summed E-state index contributed by atoms with van der Waals surface area (Å²) in [6.45, 7) is 0.462. The molecule has 0 saturated heterocycles. The van der Waals surface area contributed by atoms with Crippen LogP contribution < -0.4 is 5.32 Å². The number of benzene rings is 1. The molecular formula is C14H18NO2. The van der Waals surface area contributed by atoms with E-state index in [9.17, 15) is 4.79 Å². The standard InChI is InChI=1S/C14H18NO2/c16-14(15-13-9-4-10-13)17-11-5-8-12-6-2-1-3-7-12/h1-3,6-7,13H,4-5,8-11H2. The van der Waals surface area contributed by atoms with Crippen LogP contribution in [0.4, 0.5) is 4.79 Å². The van der Waals surface area contributed by atoms with Gasteiger partial charge in [-0.3, -0.25) is 0 Å². The molecule has 1 fully saturated rings. The van der Waals surface area contributed by atoms with E-state index < -0.39 is 0 Å². The molecule has 1 radical (unpaired) electrons. The Morgan fingerprint density at radius 2 is 2.06 bits per heavy atom. The van der Waals surface area contributed by atoms with Crippen molar-refractivity contribution in [3.8, 4) is 0 Å². The van der Waals surface area contributed by atoms with Gasteiger partial charge in [0.1, 0.15) is 0 Å². The van der Waals surface area contributed by atoms with E-state index in [0.717, 1.165) is 25.7 Å². The van der Waals surface area contributed by atoms with Crippen molar-refractivity contribution in [2.45, 2.75) is 38.1 Å². The molecule has 1 saturated carbocycles. The van der Waals surface area contributed by atoms with Crippen molar-refractivity contribution < 1.29 is 9.53 Å². The van der Waals surface area contributed by atoms with Gasteiger partial charge in [0.2, 0.25) is 0 Å². The van der Waals surface area contributed by atoms with E-state index in [1.165, 1.54) is 12.0 Å². The van der Waals surface area contributed by atoms with Crippen LogP contribution in [0, 0.1) is 0 Å². The average Bonchev–Trinajstić information content (AvgIpc) is 2.31. The van der Waals surface area contributed by atoms with Crippen molar-refractivity contribution >= 4 is 6.09 Å². The van der Waals surface area contributed by atoms with Gasteiger partial charge in [0.25, 0.3) is 0 Å². The van der Waals surface area contributed by atoms with Crippen LogP contribution in [0.1, 0.15) is 31.2 Å². The zero-order chi connectivity index (χ0) is 11.9. The van der Waals surface area contributed by atoms with Crippen molar-refractivity contribution in [1.82, 2.24) is 5.32 Å². The van der Waals surface area contributed by atoms with Crippen molar-refractivity contribution in [1.29, 1.82) is 0 Å². The van der Waals surface area contributed by atoms with E-state index >= 15 is 0 Å². The van der Waals surface area contributed by atoms with Crippen LogP contribution in [0.25, 0.3) is 0 Å². The first-order valence-electron chi connectivity index (χ1n) is 6.26. The number of hydrogen-bond donors (Lipinski definition) is 0. The summed E-state index contributed by atoms with van der Waals surface area (Å²) < 4.78 is 5.06. The van der Waals surface area contributed by atoms with E-state index in [0.29, 0.717) is 6.61 Å². The normalized spacial score (nSPS) is 15.1. The Kier molecular flexibility index (Phi) is 4.42. The Balaban J connectivity index is 1.55. The number of carbonyl (C=O) groups is 1. The highest BCUT2D eigenvalue weighted by atomic mass is 16.5. The summed E-state index contributed by atoms with van der Waals surface area (Å²) >= 11 is 0. The number of rotatable bonds is 5. The number of aryl methyl sites for hydroxylation is 1. The second-order valence-electron chi connectivity index (χ2n) is 4.42. The van der Waals surface area contributed by atoms with Crippen molar-refractivity contribution in [2.75, 3.05) is 6.61 Å². The fourth-order valence-corrected chi connectivity index (χ4v) is 1.78. The van der Waals surface area contributed by atoms with E-state index in [4.69, 9.17) is 4.74 Å². The molecule has 0 aromatic heterocycles. The van der Waals surface area contributed by atoms with Crippen molar-refractivity contribution in [2.24, 2.45) is 0 Å². The monoisotopic (exact) mass is 232 g/mol. The molecular weight excluding hydrogens is 214 g/mol. The van der Waals surface area contributed by atoms with Gasteiger partial charge < -0.3 is 4.74 Å². The fourth-order valence-electron chi connectivity index (χ4n) is 1.78. The quantitative estimate of drug-likeness (QED) is 0.732. The van der Waals surface area contributed by atoms with Crippen LogP contribution >= 0.6 is 0 Å². The van der Waals surface area contributed by atoms with Crippen LogP contribution in [0.2, 0.25) is 0 Å². The summed E-state index contributed by atoms with van der Waals surface area (Å²) in [6, 6.07) is 10.4. The zero-order valence-corrected chi connectivity index (χ0v) is 9.97. The van der Waals surface area contributed by atoms with Gasteiger partial charge in [-0.1, -0.05) is 30.3 Å². The SMILES string of the molecule is O=C([N]C1CCC1)OCCCc1ccccc1. The molecule has 1 aromatic carbocycles. The summed E-state index contributed by atoms with van der Waals surface area (Å²) in [5.41, 5.74) is 1.28. The maximum absolute atomic E-state index is 11.3. The molecule has 3 nitrogen and oxygen atoms in total. The number of nitrogens with zero attached hydrogens (tertiary/aromatic N) is 1. The second kappa shape index (κ2) is 6.28. The van der Waals surface area contributed by atoms with Gasteiger partial charge in [-0.15, -0.1) is 0 Å². The van der Waals surface area contributed by atoms with Crippen molar-refractivity contribution in [3.63, 3.8) is 0 Å². The minimum atomic E-state index is -0.386. The number of amides is 1. The molecule has 0 spiro atoms. The zero-order valence-electron chi connectivity index (χ0n) is 9.97. The molecule has 1 amide bonds. The Bertz CT molecular complexity index is 346. The summed E-state index contributed by atoms with van der Waals surface area (Å²) in [5, 5.41) is 3.97. The summed E-state index contributed by atoms with van der Waals surface area (Å²) in [5.74, 6) is 0. The lowest BCUT2D eigenvalue weighted by Gasteiger charge is -2.23. The topological polar surface area (TPSA) is 40.4 Å². The predicted molar refractivity (Wildman–Crippen MR) is 65.9 cm³/mol. The van der Waals surface area contributed by atoms with E-state index in [2.05, 4.69) is 17.4 Å². The largest absolute Gasteiger partial charge is 0.448 e. The molecule has 17 heavy (non-hydrogen) atoms. The lowest BCUT2D eigenvalue weighted by molar-refractivity contribution is 0.133. The van der Waals surface area contributed by atoms with Gasteiger partial charge in [-0.05, 0) is 37.7 Å². The minimum Gasteiger partial charge on any atom is -0.448 e. The van der Waals surface area contributed by atoms with Crippen molar-refractivity contribution in [3.05, 3.63) is 35.9 Å². The maximum atomic E-state index is 11.3. The van der Waals surface area contributed by atoms with Crippen LogP contribution in [-0.4, -0.2) is 18.7 Å². The molecule has 3 heteroatoms. The van der Waals surface area contributed by atoms with Crippen LogP contribution in [0.15, 0.2) is 30.3 Å². The first-order chi connectivity index (χ1) is 8.34. The van der Waals surface area contributed by atoms with Gasteiger partial charge in [-0.25, -0.2) is 10.1 Å². The highest BCUT2D eigenvalue weighted by molar-refractivity contribution is 5.67. The number of ether oxygens (including phenoxy) is 1. The number of hydrogen-bond acceptors (Lipinski definition) is 2. The number of carbonyl (C=O) groups excluding carboxylic acids is 1. The Morgan fingerprint density at radius 1 is 1.29 bits per heavy atom. The molecule has 0 unspecified atom stereocenters. The summed E-state index contributed by atoms with van der Waals surface area (Å²) in [6.07, 6.45) is 4.68. The molecule has 0 heterocycles. The molecule has 1 aliphatic carbocycles. The van der Waals surface area contributed by atoms with E-state index in [1.807, 2.05) is 18.2 Å². The minimum absolute atomic E-state index is 0.233. The highest BCUT2D eigenvalue weighted by Crippen LogP contribution is 2.19. The van der Waals surface area contributed by atoms with Crippen LogP contribution in [0.5, 0.6) is 0 Å². The third-order valence-corrected chi connectivity index (χ3v) is 3.04. The molecule has 0 aliphatic heterocycles. The van der Waals surface area contributed by atoms with Gasteiger partial charge in [0.15, 0.2) is 0 Å². The molecule has 1 aromatic rings. The molecule has 0 bridgehead atoms. The highest BCUT2D eigenvalue weighted by Gasteiger charge is 2.21. The molecule has 0 atom stereocenters. The Morgan fingerprint density at radius 3 is 2.71 bits per heavy atom. The van der Waals surface area contributed by atoms with E-state index in [1.54, 1.807) is 0 Å². The third-order valence-electron chi connectivity index (χ3n) is 3.04. The molecule has 2 rings (SSSR count). The average molecular weight is 232 g/mol. The van der Waals surface area contributed by atoms with Gasteiger partial charge in [0.05, 0.1) is 12.6 Å². The fraction of sp³-hybridized carbons (Fsp3) is 0.500. The van der Waals surface area contributed by atoms with Gasteiger partial charge >= 0.3 is 6.09 Å². The summed E-state index contributed by atoms with van der Waals surface area (Å²) in [4.78, 5) is 11.3. The smallest absolute Gasteiger partial charge is 0.429 e. The maximum Gasteiger partial charge on any atom is 0.429 e. The summed E-state index contributed by atoms with van der Waals surface area (Å²) in [7, 11) is 0. The first kappa shape index (κ1) is 12.0. The van der Waals surface area contributed by atoms with Gasteiger partial charge in [0, 0.05) is 0 Å². The molecule has 91 valence electrons. The van der Waals surface area contributed by atoms with Crippen LogP contribution in [0.3, 0.4) is 0 Å². The third kappa shape index (κ3) is 4.10. The molecule has 0 N–H and O–H groups in total. The first-order valence-corrected chi connectivity index (χ1v) is 6.26. The van der Waals surface area contributed by atoms with E-state index in [-0.39, 0.29) is 12.1 Å². The lowest BCUT2D eigenvalue weighted by atomic mass is 9.93. The second-order valence-corrected chi connectivity index (χ2v) is 4.42. The Labute approximate surface area is 102 Å². The Hall–Kier alpha value is -1.51. The predicted octanol–water partition coefficient (Wildman–Crippen LogP) is 2.91. The molecule has 1 aliphatic rings. The lowest BCUT2D eigenvalue weighted by Crippen LogP contribution is -2.33. The van der Waals surface area contributed by atoms with Crippen LogP contribution in [-0.2, 0) is 11.2 Å². The van der Waals surface area contributed by atoms with Gasteiger partial charge in [-0.2, -0.15) is 0 Å².